The van der Waals surface area contributed by atoms with Crippen LogP contribution in [0.4, 0.5) is 0 Å². The molecule has 0 saturated carbocycles. The van der Waals surface area contributed by atoms with Crippen molar-refractivity contribution in [2.45, 2.75) is 20.0 Å². The van der Waals surface area contributed by atoms with Gasteiger partial charge in [-0.2, -0.15) is 0 Å². The molecule has 2 aromatic rings. The Morgan fingerprint density at radius 3 is 2.96 bits per heavy atom. The van der Waals surface area contributed by atoms with E-state index in [1.54, 1.807) is 0 Å². The third-order valence-electron chi connectivity index (χ3n) is 4.58. The Morgan fingerprint density at radius 2 is 2.08 bits per heavy atom. The molecule has 2 aliphatic rings. The Morgan fingerprint density at radius 1 is 1.20 bits per heavy atom. The molecular formula is C20H23N3O2. The van der Waals surface area contributed by atoms with E-state index in [1.165, 1.54) is 5.57 Å². The molecule has 0 spiro atoms. The van der Waals surface area contributed by atoms with Crippen LogP contribution in [-0.4, -0.2) is 47.7 Å². The Balaban J connectivity index is 1.46. The number of rotatable bonds is 3. The third kappa shape index (κ3) is 3.72. The molecular weight excluding hydrogens is 314 g/mol. The predicted molar refractivity (Wildman–Crippen MR) is 96.6 cm³/mol. The third-order valence-corrected chi connectivity index (χ3v) is 4.58. The maximum absolute atomic E-state index is 5.97. The molecule has 0 aliphatic carbocycles. The van der Waals surface area contributed by atoms with Crippen molar-refractivity contribution in [1.29, 1.82) is 0 Å². The number of morpholine rings is 1. The summed E-state index contributed by atoms with van der Waals surface area (Å²) in [6.45, 7) is 7.98. The summed E-state index contributed by atoms with van der Waals surface area (Å²) < 4.78 is 11.8. The molecule has 1 fully saturated rings. The van der Waals surface area contributed by atoms with Gasteiger partial charge in [-0.05, 0) is 37.6 Å². The summed E-state index contributed by atoms with van der Waals surface area (Å²) in [4.78, 5) is 11.3. The normalized spacial score (nSPS) is 20.6. The zero-order chi connectivity index (χ0) is 17.2. The van der Waals surface area contributed by atoms with E-state index in [0.29, 0.717) is 6.61 Å². The fourth-order valence-corrected chi connectivity index (χ4v) is 3.48. The van der Waals surface area contributed by atoms with E-state index >= 15 is 0 Å². The summed E-state index contributed by atoms with van der Waals surface area (Å²) in [5.74, 6) is 1.77. The smallest absolute Gasteiger partial charge is 0.127 e. The van der Waals surface area contributed by atoms with Gasteiger partial charge in [-0.3, -0.25) is 4.90 Å². The highest BCUT2D eigenvalue weighted by Crippen LogP contribution is 2.27. The van der Waals surface area contributed by atoms with E-state index in [-0.39, 0.29) is 6.10 Å². The first kappa shape index (κ1) is 16.2. The second kappa shape index (κ2) is 6.94. The molecule has 130 valence electrons. The van der Waals surface area contributed by atoms with Gasteiger partial charge in [0.25, 0.3) is 0 Å². The SMILES string of the molecule is Cc1cc([C@@H]2CN(CC3=Cc4ccccc4OC3)CCO2)nc(C)n1. The van der Waals surface area contributed by atoms with E-state index < -0.39 is 0 Å². The first-order valence-electron chi connectivity index (χ1n) is 8.75. The van der Waals surface area contributed by atoms with E-state index in [0.717, 1.165) is 54.8 Å². The first-order chi connectivity index (χ1) is 12.2. The Hall–Kier alpha value is -2.24. The standard InChI is InChI=1S/C20H23N3O2/c1-14-9-18(22-15(2)21-14)20-12-23(7-8-24-20)11-16-10-17-5-3-4-6-19(17)25-13-16/h3-6,9-10,20H,7-8,11-13H2,1-2H3/t20-/m0/s1. The molecule has 1 saturated heterocycles. The molecule has 0 N–H and O–H groups in total. The molecule has 1 aromatic heterocycles. The lowest BCUT2D eigenvalue weighted by Gasteiger charge is -2.33. The monoisotopic (exact) mass is 337 g/mol. The highest BCUT2D eigenvalue weighted by molar-refractivity contribution is 5.62. The van der Waals surface area contributed by atoms with Crippen molar-refractivity contribution in [3.63, 3.8) is 0 Å². The average molecular weight is 337 g/mol. The maximum Gasteiger partial charge on any atom is 0.127 e. The predicted octanol–water partition coefficient (Wildman–Crippen LogP) is 2.94. The molecule has 1 aromatic carbocycles. The highest BCUT2D eigenvalue weighted by atomic mass is 16.5. The van der Waals surface area contributed by atoms with Gasteiger partial charge in [0.05, 0.1) is 12.3 Å². The quantitative estimate of drug-likeness (QED) is 0.862. The van der Waals surface area contributed by atoms with Crippen LogP contribution in [0.25, 0.3) is 6.08 Å². The summed E-state index contributed by atoms with van der Waals surface area (Å²) >= 11 is 0. The minimum atomic E-state index is 0.00606. The van der Waals surface area contributed by atoms with Crippen molar-refractivity contribution >= 4 is 6.08 Å². The molecule has 3 heterocycles. The van der Waals surface area contributed by atoms with Crippen molar-refractivity contribution in [3.05, 3.63) is 58.7 Å². The second-order valence-electron chi connectivity index (χ2n) is 6.71. The summed E-state index contributed by atoms with van der Waals surface area (Å²) in [5, 5.41) is 0. The number of fused-ring (bicyclic) bond motifs is 1. The largest absolute Gasteiger partial charge is 0.489 e. The van der Waals surface area contributed by atoms with Crippen LogP contribution in [0.5, 0.6) is 5.75 Å². The summed E-state index contributed by atoms with van der Waals surface area (Å²) in [6, 6.07) is 10.2. The van der Waals surface area contributed by atoms with Gasteiger partial charge in [0, 0.05) is 30.9 Å². The first-order valence-corrected chi connectivity index (χ1v) is 8.75. The van der Waals surface area contributed by atoms with Crippen molar-refractivity contribution in [3.8, 4) is 5.75 Å². The lowest BCUT2D eigenvalue weighted by atomic mass is 10.1. The molecule has 5 heteroatoms. The summed E-state index contributed by atoms with van der Waals surface area (Å²) in [5.41, 5.74) is 4.43. The van der Waals surface area contributed by atoms with E-state index in [1.807, 2.05) is 38.1 Å². The minimum Gasteiger partial charge on any atom is -0.489 e. The number of nitrogens with zero attached hydrogens (tertiary/aromatic N) is 3. The lowest BCUT2D eigenvalue weighted by molar-refractivity contribution is -0.0295. The fraction of sp³-hybridized carbons (Fsp3) is 0.400. The van der Waals surface area contributed by atoms with Gasteiger partial charge in [0.2, 0.25) is 0 Å². The van der Waals surface area contributed by atoms with Crippen molar-refractivity contribution in [2.75, 3.05) is 32.8 Å². The van der Waals surface area contributed by atoms with E-state index in [4.69, 9.17) is 9.47 Å². The van der Waals surface area contributed by atoms with Gasteiger partial charge >= 0.3 is 0 Å². The molecule has 5 nitrogen and oxygen atoms in total. The average Bonchev–Trinajstić information content (AvgIpc) is 2.61. The van der Waals surface area contributed by atoms with Crippen LogP contribution in [0.2, 0.25) is 0 Å². The van der Waals surface area contributed by atoms with Crippen LogP contribution in [0.15, 0.2) is 35.9 Å². The molecule has 2 aliphatic heterocycles. The Bertz CT molecular complexity index is 783. The lowest BCUT2D eigenvalue weighted by Crippen LogP contribution is -2.40. The Labute approximate surface area is 148 Å². The number of para-hydroxylation sites is 1. The zero-order valence-electron chi connectivity index (χ0n) is 14.7. The Kier molecular flexibility index (Phi) is 4.51. The number of benzene rings is 1. The second-order valence-corrected chi connectivity index (χ2v) is 6.71. The van der Waals surface area contributed by atoms with Crippen molar-refractivity contribution < 1.29 is 9.47 Å². The maximum atomic E-state index is 5.97. The molecule has 4 rings (SSSR count). The summed E-state index contributed by atoms with van der Waals surface area (Å²) in [6.07, 6.45) is 2.26. The molecule has 0 amide bonds. The number of aromatic nitrogens is 2. The van der Waals surface area contributed by atoms with Crippen molar-refractivity contribution in [2.24, 2.45) is 0 Å². The minimum absolute atomic E-state index is 0.00606. The van der Waals surface area contributed by atoms with Gasteiger partial charge < -0.3 is 9.47 Å². The molecule has 0 unspecified atom stereocenters. The zero-order valence-corrected chi connectivity index (χ0v) is 14.7. The topological polar surface area (TPSA) is 47.5 Å². The molecule has 0 bridgehead atoms. The van der Waals surface area contributed by atoms with E-state index in [9.17, 15) is 0 Å². The van der Waals surface area contributed by atoms with Crippen LogP contribution in [0.3, 0.4) is 0 Å². The highest BCUT2D eigenvalue weighted by Gasteiger charge is 2.25. The van der Waals surface area contributed by atoms with Gasteiger partial charge in [-0.1, -0.05) is 18.2 Å². The van der Waals surface area contributed by atoms with Crippen LogP contribution < -0.4 is 4.74 Å². The number of hydrogen-bond acceptors (Lipinski definition) is 5. The number of ether oxygens (including phenoxy) is 2. The van der Waals surface area contributed by atoms with Gasteiger partial charge in [0.15, 0.2) is 0 Å². The van der Waals surface area contributed by atoms with Crippen molar-refractivity contribution in [1.82, 2.24) is 14.9 Å². The van der Waals surface area contributed by atoms with Gasteiger partial charge in [-0.15, -0.1) is 0 Å². The van der Waals surface area contributed by atoms with Crippen LogP contribution in [0.1, 0.15) is 28.9 Å². The number of aryl methyl sites for hydroxylation is 2. The molecule has 25 heavy (non-hydrogen) atoms. The van der Waals surface area contributed by atoms with Crippen LogP contribution in [0, 0.1) is 13.8 Å². The van der Waals surface area contributed by atoms with Crippen LogP contribution in [-0.2, 0) is 4.74 Å². The van der Waals surface area contributed by atoms with Gasteiger partial charge in [-0.25, -0.2) is 9.97 Å². The molecule has 0 radical (unpaired) electrons. The summed E-state index contributed by atoms with van der Waals surface area (Å²) in [7, 11) is 0. The van der Waals surface area contributed by atoms with Gasteiger partial charge in [0.1, 0.15) is 24.3 Å². The fourth-order valence-electron chi connectivity index (χ4n) is 3.48. The molecule has 1 atom stereocenters. The van der Waals surface area contributed by atoms with Crippen LogP contribution >= 0.6 is 0 Å². The number of hydrogen-bond donors (Lipinski definition) is 0. The van der Waals surface area contributed by atoms with E-state index in [2.05, 4.69) is 27.0 Å².